The molecule has 4 nitrogen and oxygen atoms in total. The Labute approximate surface area is 145 Å². The lowest BCUT2D eigenvalue weighted by Crippen LogP contribution is -2.26. The fourth-order valence-corrected chi connectivity index (χ4v) is 4.93. The van der Waals surface area contributed by atoms with Gasteiger partial charge in [0.05, 0.1) is 16.7 Å². The molecule has 2 aromatic heterocycles. The van der Waals surface area contributed by atoms with Crippen molar-refractivity contribution in [1.29, 1.82) is 5.26 Å². The predicted molar refractivity (Wildman–Crippen MR) is 95.6 cm³/mol. The highest BCUT2D eigenvalue weighted by atomic mass is 32.2. The lowest BCUT2D eigenvalue weighted by Gasteiger charge is -2.33. The normalized spacial score (nSPS) is 17.8. The predicted octanol–water partition coefficient (Wildman–Crippen LogP) is 4.31. The van der Waals surface area contributed by atoms with Gasteiger partial charge >= 0.3 is 0 Å². The number of hydrogen-bond acceptors (Lipinski definition) is 5. The summed E-state index contributed by atoms with van der Waals surface area (Å²) in [6, 6.07) is 4.44. The van der Waals surface area contributed by atoms with E-state index in [1.807, 2.05) is 23.0 Å². The lowest BCUT2D eigenvalue weighted by molar-refractivity contribution is 0.217. The van der Waals surface area contributed by atoms with Gasteiger partial charge in [-0.15, -0.1) is 21.5 Å². The van der Waals surface area contributed by atoms with Gasteiger partial charge in [-0.2, -0.15) is 5.26 Å². The summed E-state index contributed by atoms with van der Waals surface area (Å²) in [4.78, 5) is 2.71. The SMILES string of the molecule is Cn1c(SCC#N)nnc1-c1cc2c(s1)CC[C@@H](C(C)(C)C)C2. The molecule has 0 bridgehead atoms. The number of aryl methyl sites for hydroxylation is 1. The highest BCUT2D eigenvalue weighted by molar-refractivity contribution is 7.99. The van der Waals surface area contributed by atoms with Gasteiger partial charge in [0.15, 0.2) is 11.0 Å². The second-order valence-corrected chi connectivity index (χ2v) is 9.26. The molecule has 0 aliphatic heterocycles. The van der Waals surface area contributed by atoms with Crippen LogP contribution in [0.4, 0.5) is 0 Å². The van der Waals surface area contributed by atoms with Gasteiger partial charge < -0.3 is 4.57 Å². The van der Waals surface area contributed by atoms with Crippen LogP contribution in [0.3, 0.4) is 0 Å². The molecule has 2 aromatic rings. The smallest absolute Gasteiger partial charge is 0.192 e. The highest BCUT2D eigenvalue weighted by Gasteiger charge is 2.30. The third kappa shape index (κ3) is 3.31. The molecule has 2 heterocycles. The first kappa shape index (κ1) is 16.5. The largest absolute Gasteiger partial charge is 0.304 e. The molecule has 0 amide bonds. The number of aromatic nitrogens is 3. The highest BCUT2D eigenvalue weighted by Crippen LogP contribution is 2.42. The third-order valence-electron chi connectivity index (χ3n) is 4.63. The van der Waals surface area contributed by atoms with E-state index in [4.69, 9.17) is 5.26 Å². The van der Waals surface area contributed by atoms with Gasteiger partial charge in [-0.25, -0.2) is 0 Å². The van der Waals surface area contributed by atoms with Crippen molar-refractivity contribution in [2.75, 3.05) is 5.75 Å². The zero-order valence-electron chi connectivity index (χ0n) is 14.1. The molecule has 0 spiro atoms. The van der Waals surface area contributed by atoms with Crippen molar-refractivity contribution in [3.8, 4) is 16.8 Å². The van der Waals surface area contributed by atoms with Gasteiger partial charge in [0.25, 0.3) is 0 Å². The van der Waals surface area contributed by atoms with Crippen LogP contribution in [0.5, 0.6) is 0 Å². The minimum absolute atomic E-state index is 0.367. The number of nitrogens with zero attached hydrogens (tertiary/aromatic N) is 4. The van der Waals surface area contributed by atoms with Gasteiger partial charge in [0.2, 0.25) is 0 Å². The van der Waals surface area contributed by atoms with Crippen molar-refractivity contribution >= 4 is 23.1 Å². The Morgan fingerprint density at radius 3 is 2.91 bits per heavy atom. The number of thiophene rings is 1. The van der Waals surface area contributed by atoms with E-state index in [9.17, 15) is 0 Å². The van der Waals surface area contributed by atoms with E-state index in [-0.39, 0.29) is 0 Å². The molecule has 3 rings (SSSR count). The van der Waals surface area contributed by atoms with Crippen LogP contribution in [-0.2, 0) is 19.9 Å². The van der Waals surface area contributed by atoms with E-state index in [0.717, 1.165) is 16.9 Å². The number of rotatable bonds is 3. The van der Waals surface area contributed by atoms with Crippen LogP contribution < -0.4 is 0 Å². The molecule has 0 aromatic carbocycles. The van der Waals surface area contributed by atoms with Crippen LogP contribution in [0.25, 0.3) is 10.7 Å². The van der Waals surface area contributed by atoms with Gasteiger partial charge in [-0.3, -0.25) is 0 Å². The summed E-state index contributed by atoms with van der Waals surface area (Å²) in [6.07, 6.45) is 3.62. The zero-order chi connectivity index (χ0) is 16.6. The van der Waals surface area contributed by atoms with E-state index >= 15 is 0 Å². The molecule has 1 aliphatic carbocycles. The molecule has 23 heavy (non-hydrogen) atoms. The van der Waals surface area contributed by atoms with Crippen LogP contribution in [0.2, 0.25) is 0 Å². The van der Waals surface area contributed by atoms with Crippen LogP contribution in [-0.4, -0.2) is 20.5 Å². The lowest BCUT2D eigenvalue weighted by atomic mass is 9.72. The fraction of sp³-hybridized carbons (Fsp3) is 0.588. The quantitative estimate of drug-likeness (QED) is 0.777. The summed E-state index contributed by atoms with van der Waals surface area (Å²) in [5.41, 5.74) is 1.86. The molecule has 1 aliphatic rings. The average Bonchev–Trinajstić information content (AvgIpc) is 3.06. The maximum absolute atomic E-state index is 8.72. The van der Waals surface area contributed by atoms with Gasteiger partial charge in [0.1, 0.15) is 0 Å². The summed E-state index contributed by atoms with van der Waals surface area (Å²) in [5, 5.41) is 18.1. The van der Waals surface area contributed by atoms with Gasteiger partial charge in [0, 0.05) is 11.9 Å². The van der Waals surface area contributed by atoms with Crippen molar-refractivity contribution in [1.82, 2.24) is 14.8 Å². The fourth-order valence-electron chi connectivity index (χ4n) is 3.13. The molecule has 0 unspecified atom stereocenters. The maximum atomic E-state index is 8.72. The minimum atomic E-state index is 0.367. The van der Waals surface area contributed by atoms with Gasteiger partial charge in [-0.1, -0.05) is 32.5 Å². The Morgan fingerprint density at radius 2 is 2.22 bits per heavy atom. The molecular formula is C17H22N4S2. The molecule has 0 fully saturated rings. The first-order chi connectivity index (χ1) is 10.9. The van der Waals surface area contributed by atoms with Crippen LogP contribution in [0.1, 0.15) is 37.6 Å². The second-order valence-electron chi connectivity index (χ2n) is 7.18. The van der Waals surface area contributed by atoms with Crippen LogP contribution in [0, 0.1) is 22.7 Å². The molecule has 122 valence electrons. The summed E-state index contributed by atoms with van der Waals surface area (Å²) in [6.45, 7) is 7.03. The molecule has 6 heteroatoms. The van der Waals surface area contributed by atoms with Crippen molar-refractivity contribution < 1.29 is 0 Å². The van der Waals surface area contributed by atoms with E-state index in [1.165, 1.54) is 46.3 Å². The van der Waals surface area contributed by atoms with Crippen LogP contribution in [0.15, 0.2) is 11.2 Å². The number of fused-ring (bicyclic) bond motifs is 1. The number of nitriles is 1. The first-order valence-corrected chi connectivity index (χ1v) is 9.71. The van der Waals surface area contributed by atoms with Crippen molar-refractivity contribution in [3.63, 3.8) is 0 Å². The van der Waals surface area contributed by atoms with E-state index < -0.39 is 0 Å². The zero-order valence-corrected chi connectivity index (χ0v) is 15.7. The molecule has 0 N–H and O–H groups in total. The van der Waals surface area contributed by atoms with Crippen molar-refractivity contribution in [2.24, 2.45) is 18.4 Å². The monoisotopic (exact) mass is 346 g/mol. The van der Waals surface area contributed by atoms with E-state index in [2.05, 4.69) is 43.1 Å². The molecule has 0 saturated heterocycles. The minimum Gasteiger partial charge on any atom is -0.304 e. The number of thioether (sulfide) groups is 1. The molecule has 1 atom stereocenters. The Bertz CT molecular complexity index is 746. The Morgan fingerprint density at radius 1 is 1.43 bits per heavy atom. The standard InChI is InChI=1S/C17H22N4S2/c1-17(2,3)12-5-6-13-11(9-12)10-14(23-13)15-19-20-16(21(15)4)22-8-7-18/h10,12H,5-6,8-9H2,1-4H3/t12-/m1/s1. The summed E-state index contributed by atoms with van der Waals surface area (Å²) < 4.78 is 2.00. The molecule has 0 saturated carbocycles. The summed E-state index contributed by atoms with van der Waals surface area (Å²) in [5.74, 6) is 2.07. The molecular weight excluding hydrogens is 324 g/mol. The maximum Gasteiger partial charge on any atom is 0.192 e. The van der Waals surface area contributed by atoms with Crippen molar-refractivity contribution in [2.45, 2.75) is 45.2 Å². The Kier molecular flexibility index (Phi) is 4.52. The first-order valence-electron chi connectivity index (χ1n) is 7.91. The second kappa shape index (κ2) is 6.29. The summed E-state index contributed by atoms with van der Waals surface area (Å²) >= 11 is 3.29. The van der Waals surface area contributed by atoms with E-state index in [1.54, 1.807) is 0 Å². The van der Waals surface area contributed by atoms with Crippen LogP contribution >= 0.6 is 23.1 Å². The third-order valence-corrected chi connectivity index (χ3v) is 6.75. The molecule has 0 radical (unpaired) electrons. The Balaban J connectivity index is 1.86. The van der Waals surface area contributed by atoms with Gasteiger partial charge in [-0.05, 0) is 42.2 Å². The summed E-state index contributed by atoms with van der Waals surface area (Å²) in [7, 11) is 1.98. The Hall–Kier alpha value is -1.32. The average molecular weight is 347 g/mol. The number of hydrogen-bond donors (Lipinski definition) is 0. The van der Waals surface area contributed by atoms with E-state index in [0.29, 0.717) is 11.2 Å². The van der Waals surface area contributed by atoms with Crippen molar-refractivity contribution in [3.05, 3.63) is 16.5 Å². The topological polar surface area (TPSA) is 54.5 Å².